The van der Waals surface area contributed by atoms with Gasteiger partial charge in [-0.1, -0.05) is 11.6 Å². The van der Waals surface area contributed by atoms with E-state index in [2.05, 4.69) is 9.62 Å². The maximum atomic E-state index is 12.9. The summed E-state index contributed by atoms with van der Waals surface area (Å²) in [4.78, 5) is 16.8. The lowest BCUT2D eigenvalue weighted by atomic mass is 10.1. The van der Waals surface area contributed by atoms with Crippen LogP contribution >= 0.6 is 11.6 Å². The van der Waals surface area contributed by atoms with Crippen molar-refractivity contribution in [2.75, 3.05) is 26.2 Å². The van der Waals surface area contributed by atoms with Crippen molar-refractivity contribution in [2.24, 2.45) is 0 Å². The highest BCUT2D eigenvalue weighted by Crippen LogP contribution is 2.25. The second kappa shape index (κ2) is 8.47. The Bertz CT molecular complexity index is 960. The van der Waals surface area contributed by atoms with E-state index in [-0.39, 0.29) is 15.8 Å². The van der Waals surface area contributed by atoms with Crippen LogP contribution in [0.4, 0.5) is 0 Å². The molecular weight excluding hydrogens is 414 g/mol. The number of sulfonamides is 1. The largest absolute Gasteiger partial charge is 0.468 e. The molecule has 1 fully saturated rings. The van der Waals surface area contributed by atoms with Crippen LogP contribution in [0.25, 0.3) is 0 Å². The molecule has 158 valence electrons. The maximum Gasteiger partial charge on any atom is 0.253 e. The average Bonchev–Trinajstić information content (AvgIpc) is 3.13. The number of carbonyl (C=O) groups is 1. The van der Waals surface area contributed by atoms with Crippen LogP contribution in [-0.4, -0.2) is 55.8 Å². The second-order valence-corrected chi connectivity index (χ2v) is 10.2. The number of benzene rings is 1. The van der Waals surface area contributed by atoms with E-state index in [1.165, 1.54) is 12.1 Å². The number of hydrogen-bond acceptors (Lipinski definition) is 5. The number of rotatable bonds is 5. The summed E-state index contributed by atoms with van der Waals surface area (Å²) in [6, 6.07) is 8.16. The minimum atomic E-state index is -3.84. The van der Waals surface area contributed by atoms with E-state index in [4.69, 9.17) is 16.0 Å². The summed E-state index contributed by atoms with van der Waals surface area (Å²) in [6.45, 7) is 8.50. The highest BCUT2D eigenvalue weighted by Gasteiger charge is 2.27. The molecule has 3 rings (SSSR count). The van der Waals surface area contributed by atoms with Crippen molar-refractivity contribution >= 4 is 27.5 Å². The van der Waals surface area contributed by atoms with Gasteiger partial charge in [-0.15, -0.1) is 0 Å². The zero-order valence-corrected chi connectivity index (χ0v) is 18.4. The summed E-state index contributed by atoms with van der Waals surface area (Å²) < 4.78 is 33.3. The molecule has 0 aliphatic carbocycles. The molecule has 9 heteroatoms. The molecule has 0 saturated carbocycles. The first kappa shape index (κ1) is 21.8. The SMILES string of the molecule is CC(C)(C)NS(=O)(=O)c1cc(C(=O)N2CCN(Cc3ccco3)CC2)ccc1Cl. The monoisotopic (exact) mass is 439 g/mol. The van der Waals surface area contributed by atoms with Crippen LogP contribution in [0, 0.1) is 0 Å². The van der Waals surface area contributed by atoms with Crippen molar-refractivity contribution in [1.82, 2.24) is 14.5 Å². The number of amides is 1. The Morgan fingerprint density at radius 1 is 1.17 bits per heavy atom. The third-order valence-corrected chi connectivity index (χ3v) is 6.77. The smallest absolute Gasteiger partial charge is 0.253 e. The average molecular weight is 440 g/mol. The van der Waals surface area contributed by atoms with E-state index in [1.54, 1.807) is 38.0 Å². The Labute approximate surface area is 176 Å². The molecular formula is C20H26ClN3O4S. The van der Waals surface area contributed by atoms with Gasteiger partial charge in [0.15, 0.2) is 0 Å². The summed E-state index contributed by atoms with van der Waals surface area (Å²) in [5.74, 6) is 0.690. The third-order valence-electron chi connectivity index (χ3n) is 4.53. The van der Waals surface area contributed by atoms with Gasteiger partial charge < -0.3 is 9.32 Å². The minimum absolute atomic E-state index is 0.0848. The summed E-state index contributed by atoms with van der Waals surface area (Å²) in [7, 11) is -3.84. The molecule has 2 aromatic rings. The molecule has 0 bridgehead atoms. The van der Waals surface area contributed by atoms with Gasteiger partial charge >= 0.3 is 0 Å². The molecule has 0 unspecified atom stereocenters. The third kappa shape index (κ3) is 5.60. The molecule has 1 amide bonds. The summed E-state index contributed by atoms with van der Waals surface area (Å²) in [6.07, 6.45) is 1.65. The summed E-state index contributed by atoms with van der Waals surface area (Å²) >= 11 is 6.13. The fourth-order valence-electron chi connectivity index (χ4n) is 3.21. The molecule has 0 radical (unpaired) electrons. The van der Waals surface area contributed by atoms with E-state index >= 15 is 0 Å². The van der Waals surface area contributed by atoms with Gasteiger partial charge in [-0.05, 0) is 51.1 Å². The van der Waals surface area contributed by atoms with Crippen molar-refractivity contribution < 1.29 is 17.6 Å². The first-order valence-corrected chi connectivity index (χ1v) is 11.3. The van der Waals surface area contributed by atoms with Crippen molar-refractivity contribution in [3.05, 3.63) is 52.9 Å². The fourth-order valence-corrected chi connectivity index (χ4v) is 5.16. The first-order chi connectivity index (χ1) is 13.5. The molecule has 1 aromatic carbocycles. The Kier molecular flexibility index (Phi) is 6.38. The zero-order valence-electron chi connectivity index (χ0n) is 16.8. The predicted molar refractivity (Wildman–Crippen MR) is 111 cm³/mol. The number of carbonyl (C=O) groups excluding carboxylic acids is 1. The number of nitrogens with one attached hydrogen (secondary N) is 1. The van der Waals surface area contributed by atoms with Crippen molar-refractivity contribution in [3.63, 3.8) is 0 Å². The number of nitrogens with zero attached hydrogens (tertiary/aromatic N) is 2. The number of halogens is 1. The highest BCUT2D eigenvalue weighted by molar-refractivity contribution is 7.89. The lowest BCUT2D eigenvalue weighted by Crippen LogP contribution is -2.48. The quantitative estimate of drug-likeness (QED) is 0.774. The molecule has 1 aromatic heterocycles. The Balaban J connectivity index is 1.70. The molecule has 1 aliphatic rings. The van der Waals surface area contributed by atoms with Gasteiger partial charge in [0.1, 0.15) is 10.7 Å². The standard InChI is InChI=1S/C20H26ClN3O4S/c1-20(2,3)22-29(26,27)18-13-15(6-7-17(18)21)19(25)24-10-8-23(9-11-24)14-16-5-4-12-28-16/h4-7,12-13,22H,8-11,14H2,1-3H3. The van der Waals surface area contributed by atoms with Crippen LogP contribution in [0.5, 0.6) is 0 Å². The number of hydrogen-bond donors (Lipinski definition) is 1. The molecule has 0 atom stereocenters. The highest BCUT2D eigenvalue weighted by atomic mass is 35.5. The van der Waals surface area contributed by atoms with Crippen molar-refractivity contribution in [2.45, 2.75) is 37.8 Å². The molecule has 1 saturated heterocycles. The van der Waals surface area contributed by atoms with Gasteiger partial charge in [0.05, 0.1) is 17.8 Å². The second-order valence-electron chi connectivity index (χ2n) is 8.15. The minimum Gasteiger partial charge on any atom is -0.468 e. The van der Waals surface area contributed by atoms with Gasteiger partial charge in [0.2, 0.25) is 10.0 Å². The van der Waals surface area contributed by atoms with Crippen LogP contribution in [0.15, 0.2) is 45.9 Å². The normalized spacial score (nSPS) is 16.2. The van der Waals surface area contributed by atoms with E-state index < -0.39 is 15.6 Å². The zero-order chi connectivity index (χ0) is 21.2. The lowest BCUT2D eigenvalue weighted by Gasteiger charge is -2.34. The molecule has 1 aliphatic heterocycles. The Morgan fingerprint density at radius 2 is 1.86 bits per heavy atom. The van der Waals surface area contributed by atoms with Crippen LogP contribution in [0.1, 0.15) is 36.9 Å². The van der Waals surface area contributed by atoms with Gasteiger partial charge in [0.25, 0.3) is 5.91 Å². The molecule has 29 heavy (non-hydrogen) atoms. The van der Waals surface area contributed by atoms with E-state index in [0.717, 1.165) is 18.8 Å². The van der Waals surface area contributed by atoms with Crippen molar-refractivity contribution in [1.29, 1.82) is 0 Å². The molecule has 0 spiro atoms. The number of piperazine rings is 1. The van der Waals surface area contributed by atoms with Gasteiger partial charge in [0, 0.05) is 37.3 Å². The summed E-state index contributed by atoms with van der Waals surface area (Å²) in [5, 5.41) is 0.0848. The lowest BCUT2D eigenvalue weighted by molar-refractivity contribution is 0.0620. The van der Waals surface area contributed by atoms with E-state index in [0.29, 0.717) is 25.2 Å². The first-order valence-electron chi connectivity index (χ1n) is 9.43. The number of furan rings is 1. The van der Waals surface area contributed by atoms with Crippen LogP contribution in [0.3, 0.4) is 0 Å². The summed E-state index contributed by atoms with van der Waals surface area (Å²) in [5.41, 5.74) is -0.352. The van der Waals surface area contributed by atoms with Crippen LogP contribution < -0.4 is 4.72 Å². The Morgan fingerprint density at radius 3 is 2.45 bits per heavy atom. The fraction of sp³-hybridized carbons (Fsp3) is 0.450. The topological polar surface area (TPSA) is 82.9 Å². The maximum absolute atomic E-state index is 12.9. The van der Waals surface area contributed by atoms with Crippen LogP contribution in [0.2, 0.25) is 5.02 Å². The van der Waals surface area contributed by atoms with Gasteiger partial charge in [-0.25, -0.2) is 13.1 Å². The van der Waals surface area contributed by atoms with E-state index in [9.17, 15) is 13.2 Å². The van der Waals surface area contributed by atoms with Crippen molar-refractivity contribution in [3.8, 4) is 0 Å². The molecule has 7 nitrogen and oxygen atoms in total. The predicted octanol–water partition coefficient (Wildman–Crippen LogP) is 2.97. The Hall–Kier alpha value is -1.87. The molecule has 1 N–H and O–H groups in total. The van der Waals surface area contributed by atoms with Gasteiger partial charge in [-0.3, -0.25) is 9.69 Å². The van der Waals surface area contributed by atoms with Gasteiger partial charge in [-0.2, -0.15) is 0 Å². The van der Waals surface area contributed by atoms with Crippen LogP contribution in [-0.2, 0) is 16.6 Å². The van der Waals surface area contributed by atoms with E-state index in [1.807, 2.05) is 12.1 Å². The molecule has 2 heterocycles.